The van der Waals surface area contributed by atoms with Crippen LogP contribution < -0.4 is 4.74 Å². The number of rotatable bonds is 6. The summed E-state index contributed by atoms with van der Waals surface area (Å²) in [6.45, 7) is 4.05. The Kier molecular flexibility index (Phi) is 5.49. The first-order valence-electron chi connectivity index (χ1n) is 9.46. The third kappa shape index (κ3) is 4.55. The smallest absolute Gasteiger partial charge is 0.167 e. The minimum Gasteiger partial charge on any atom is -0.492 e. The van der Waals surface area contributed by atoms with Crippen molar-refractivity contribution in [3.05, 3.63) is 60.4 Å². The van der Waals surface area contributed by atoms with E-state index in [4.69, 9.17) is 9.26 Å². The van der Waals surface area contributed by atoms with Crippen LogP contribution in [0.5, 0.6) is 5.75 Å². The highest BCUT2D eigenvalue weighted by Crippen LogP contribution is 2.27. The SMILES string of the molecule is Fc1ccc(-c2cc(-c3ccc(OCCN4CCCCC4)cc3)on2)cc1. The van der Waals surface area contributed by atoms with Gasteiger partial charge in [0.15, 0.2) is 5.76 Å². The lowest BCUT2D eigenvalue weighted by molar-refractivity contribution is 0.183. The molecule has 0 saturated carbocycles. The lowest BCUT2D eigenvalue weighted by Gasteiger charge is -2.26. The molecule has 0 spiro atoms. The molecule has 0 unspecified atom stereocenters. The molecule has 4 rings (SSSR count). The largest absolute Gasteiger partial charge is 0.492 e. The third-order valence-corrected chi connectivity index (χ3v) is 4.91. The van der Waals surface area contributed by atoms with Crippen LogP contribution >= 0.6 is 0 Å². The molecule has 0 N–H and O–H groups in total. The second-order valence-corrected chi connectivity index (χ2v) is 6.86. The molecule has 0 amide bonds. The summed E-state index contributed by atoms with van der Waals surface area (Å²) in [6.07, 6.45) is 3.95. The van der Waals surface area contributed by atoms with E-state index in [1.54, 1.807) is 12.1 Å². The van der Waals surface area contributed by atoms with E-state index in [0.29, 0.717) is 18.1 Å². The summed E-state index contributed by atoms with van der Waals surface area (Å²) >= 11 is 0. The summed E-state index contributed by atoms with van der Waals surface area (Å²) in [5.41, 5.74) is 2.44. The highest BCUT2D eigenvalue weighted by molar-refractivity contribution is 5.66. The molecule has 1 aliphatic heterocycles. The van der Waals surface area contributed by atoms with E-state index in [2.05, 4.69) is 10.1 Å². The van der Waals surface area contributed by atoms with E-state index >= 15 is 0 Å². The van der Waals surface area contributed by atoms with Crippen molar-refractivity contribution in [2.75, 3.05) is 26.2 Å². The molecule has 1 fully saturated rings. The first-order chi connectivity index (χ1) is 13.3. The van der Waals surface area contributed by atoms with Crippen LogP contribution in [0.2, 0.25) is 0 Å². The molecule has 1 aliphatic rings. The molecule has 2 heterocycles. The van der Waals surface area contributed by atoms with Gasteiger partial charge in [0.1, 0.15) is 23.9 Å². The number of likely N-dealkylation sites (tertiary alicyclic amines) is 1. The van der Waals surface area contributed by atoms with Gasteiger partial charge >= 0.3 is 0 Å². The van der Waals surface area contributed by atoms with Gasteiger partial charge < -0.3 is 9.26 Å². The minimum absolute atomic E-state index is 0.265. The molecule has 0 aliphatic carbocycles. The highest BCUT2D eigenvalue weighted by atomic mass is 19.1. The maximum absolute atomic E-state index is 13.0. The second-order valence-electron chi connectivity index (χ2n) is 6.86. The van der Waals surface area contributed by atoms with Gasteiger partial charge in [-0.3, -0.25) is 4.90 Å². The summed E-state index contributed by atoms with van der Waals surface area (Å²) in [4.78, 5) is 2.46. The molecule has 0 radical (unpaired) electrons. The Morgan fingerprint density at radius 3 is 2.37 bits per heavy atom. The number of hydrogen-bond acceptors (Lipinski definition) is 4. The molecule has 5 heteroatoms. The van der Waals surface area contributed by atoms with Gasteiger partial charge in [0, 0.05) is 23.7 Å². The Balaban J connectivity index is 1.35. The normalized spacial score (nSPS) is 15.0. The molecular weight excluding hydrogens is 343 g/mol. The fourth-order valence-electron chi connectivity index (χ4n) is 3.36. The third-order valence-electron chi connectivity index (χ3n) is 4.91. The molecule has 3 aromatic rings. The Morgan fingerprint density at radius 1 is 0.926 bits per heavy atom. The number of nitrogens with zero attached hydrogens (tertiary/aromatic N) is 2. The minimum atomic E-state index is -0.265. The Labute approximate surface area is 158 Å². The van der Waals surface area contributed by atoms with Crippen molar-refractivity contribution >= 4 is 0 Å². The van der Waals surface area contributed by atoms with Crippen LogP contribution in [0.3, 0.4) is 0 Å². The maximum Gasteiger partial charge on any atom is 0.167 e. The lowest BCUT2D eigenvalue weighted by Crippen LogP contribution is -2.33. The number of aromatic nitrogens is 1. The van der Waals surface area contributed by atoms with Crippen molar-refractivity contribution < 1.29 is 13.7 Å². The standard InChI is InChI=1S/C22H23FN2O2/c23-19-8-4-17(5-9-19)21-16-22(27-24-21)18-6-10-20(11-7-18)26-15-14-25-12-2-1-3-13-25/h4-11,16H,1-3,12-15H2. The summed E-state index contributed by atoms with van der Waals surface area (Å²) in [6, 6.07) is 15.9. The molecule has 0 bridgehead atoms. The van der Waals surface area contributed by atoms with Crippen molar-refractivity contribution in [3.63, 3.8) is 0 Å². The number of piperidine rings is 1. The Bertz CT molecular complexity index is 853. The van der Waals surface area contributed by atoms with Crippen LogP contribution in [0.4, 0.5) is 4.39 Å². The molecule has 2 aromatic carbocycles. The zero-order chi connectivity index (χ0) is 18.5. The summed E-state index contributed by atoms with van der Waals surface area (Å²) < 4.78 is 24.4. The van der Waals surface area contributed by atoms with Crippen LogP contribution in [0, 0.1) is 5.82 Å². The van der Waals surface area contributed by atoms with E-state index in [-0.39, 0.29) is 5.82 Å². The first kappa shape index (κ1) is 17.7. The predicted octanol–water partition coefficient (Wildman–Crippen LogP) is 5.01. The predicted molar refractivity (Wildman–Crippen MR) is 103 cm³/mol. The van der Waals surface area contributed by atoms with Crippen molar-refractivity contribution in [1.82, 2.24) is 10.1 Å². The summed E-state index contributed by atoms with van der Waals surface area (Å²) in [5, 5.41) is 4.08. The van der Waals surface area contributed by atoms with E-state index in [0.717, 1.165) is 23.4 Å². The van der Waals surface area contributed by atoms with Crippen LogP contribution in [-0.2, 0) is 0 Å². The van der Waals surface area contributed by atoms with Crippen molar-refractivity contribution in [1.29, 1.82) is 0 Å². The van der Waals surface area contributed by atoms with Gasteiger partial charge in [-0.25, -0.2) is 4.39 Å². The van der Waals surface area contributed by atoms with Gasteiger partial charge in [-0.15, -0.1) is 0 Å². The Morgan fingerprint density at radius 2 is 1.63 bits per heavy atom. The first-order valence-corrected chi connectivity index (χ1v) is 9.46. The quantitative estimate of drug-likeness (QED) is 0.614. The van der Waals surface area contributed by atoms with Gasteiger partial charge in [-0.2, -0.15) is 0 Å². The summed E-state index contributed by atoms with van der Waals surface area (Å²) in [7, 11) is 0. The molecule has 140 valence electrons. The molecule has 0 atom stereocenters. The van der Waals surface area contributed by atoms with Crippen molar-refractivity contribution in [3.8, 4) is 28.3 Å². The van der Waals surface area contributed by atoms with Gasteiger partial charge in [0.25, 0.3) is 0 Å². The average molecular weight is 366 g/mol. The van der Waals surface area contributed by atoms with E-state index in [1.165, 1.54) is 44.5 Å². The van der Waals surface area contributed by atoms with Gasteiger partial charge in [0.2, 0.25) is 0 Å². The molecule has 1 saturated heterocycles. The van der Waals surface area contributed by atoms with Crippen molar-refractivity contribution in [2.45, 2.75) is 19.3 Å². The second kappa shape index (κ2) is 8.35. The maximum atomic E-state index is 13.0. The average Bonchev–Trinajstić information content (AvgIpc) is 3.20. The van der Waals surface area contributed by atoms with Crippen LogP contribution in [0.25, 0.3) is 22.6 Å². The molecular formula is C22H23FN2O2. The summed E-state index contributed by atoms with van der Waals surface area (Å²) in [5.74, 6) is 1.27. The molecule has 4 nitrogen and oxygen atoms in total. The fraction of sp³-hybridized carbons (Fsp3) is 0.318. The zero-order valence-electron chi connectivity index (χ0n) is 15.2. The van der Waals surface area contributed by atoms with Gasteiger partial charge in [0.05, 0.1) is 0 Å². The monoisotopic (exact) mass is 366 g/mol. The van der Waals surface area contributed by atoms with Crippen molar-refractivity contribution in [2.24, 2.45) is 0 Å². The van der Waals surface area contributed by atoms with Crippen LogP contribution in [-0.4, -0.2) is 36.3 Å². The van der Waals surface area contributed by atoms with Gasteiger partial charge in [-0.05, 0) is 74.5 Å². The number of ether oxygens (including phenoxy) is 1. The van der Waals surface area contributed by atoms with Gasteiger partial charge in [-0.1, -0.05) is 11.6 Å². The van der Waals surface area contributed by atoms with E-state index in [1.807, 2.05) is 30.3 Å². The zero-order valence-corrected chi connectivity index (χ0v) is 15.2. The topological polar surface area (TPSA) is 38.5 Å². The lowest BCUT2D eigenvalue weighted by atomic mass is 10.1. The number of benzene rings is 2. The fourth-order valence-corrected chi connectivity index (χ4v) is 3.36. The Hall–Kier alpha value is -2.66. The number of halogens is 1. The number of hydrogen-bond donors (Lipinski definition) is 0. The van der Waals surface area contributed by atoms with Crippen LogP contribution in [0.1, 0.15) is 19.3 Å². The van der Waals surface area contributed by atoms with Crippen LogP contribution in [0.15, 0.2) is 59.1 Å². The molecule has 1 aromatic heterocycles. The highest BCUT2D eigenvalue weighted by Gasteiger charge is 2.11. The van der Waals surface area contributed by atoms with E-state index < -0.39 is 0 Å². The molecule has 27 heavy (non-hydrogen) atoms. The van der Waals surface area contributed by atoms with E-state index in [9.17, 15) is 4.39 Å².